The number of hydrogen-bond donors (Lipinski definition) is 1. The highest BCUT2D eigenvalue weighted by atomic mass is 28.5. The van der Waals surface area contributed by atoms with E-state index in [1.165, 1.54) is 23.4 Å². The van der Waals surface area contributed by atoms with E-state index >= 15 is 0 Å². The fourth-order valence-corrected chi connectivity index (χ4v) is 76.9. The number of allylic oxidation sites excluding steroid dienone is 1. The van der Waals surface area contributed by atoms with Crippen molar-refractivity contribution in [2.45, 2.75) is 138 Å². The van der Waals surface area contributed by atoms with E-state index < -0.39 is 56.5 Å². The minimum absolute atomic E-state index is 0.533. The second-order valence-electron chi connectivity index (χ2n) is 17.1. The molecule has 0 spiro atoms. The Balaban J connectivity index is 6.73. The van der Waals surface area contributed by atoms with Gasteiger partial charge in [0.15, 0.2) is 0 Å². The van der Waals surface area contributed by atoms with E-state index in [0.29, 0.717) is 6.23 Å². The molecule has 0 rings (SSSR count). The monoisotopic (exact) mass is 576 g/mol. The molecule has 0 aliphatic rings. The van der Waals surface area contributed by atoms with E-state index in [4.69, 9.17) is 0 Å². The van der Waals surface area contributed by atoms with E-state index in [9.17, 15) is 5.11 Å². The second-order valence-corrected chi connectivity index (χ2v) is 57.1. The largest absolute Gasteiger partial charge is 0.400 e. The highest BCUT2D eigenvalue weighted by Gasteiger charge is 2.50. The number of hydrogen-bond acceptors (Lipinski definition) is 1. The fourth-order valence-electron chi connectivity index (χ4n) is 7.95. The summed E-state index contributed by atoms with van der Waals surface area (Å²) in [6.07, 6.45) is 2.87. The Kier molecular flexibility index (Phi) is 12.6. The van der Waals surface area contributed by atoms with Crippen LogP contribution >= 0.6 is 0 Å². The molecule has 0 aromatic carbocycles. The fraction of sp³-hybridized carbons (Fsp3) is 0.920. The minimum atomic E-state index is -1.67. The minimum Gasteiger partial charge on any atom is -0.400 e. The van der Waals surface area contributed by atoms with Crippen molar-refractivity contribution < 1.29 is 5.11 Å². The zero-order chi connectivity index (χ0) is 26.6. The van der Waals surface area contributed by atoms with E-state index in [0.717, 1.165) is 0 Å². The van der Waals surface area contributed by atoms with Gasteiger partial charge in [-0.2, -0.15) is 0 Å². The normalized spacial score (nSPS) is 18.0. The third-order valence-electron chi connectivity index (χ3n) is 6.94. The SMILES string of the molecule is C=CC[Si](C[Si](C)(C)C)(C[Si](C)(C[Si](C)(C)C)C[Si](C)(C)C)C[Si](CC)(CO)C[Si](C)(C)C. The molecule has 0 aliphatic heterocycles. The van der Waals surface area contributed by atoms with Gasteiger partial charge < -0.3 is 5.11 Å². The van der Waals surface area contributed by atoms with Gasteiger partial charge in [0.1, 0.15) is 0 Å². The van der Waals surface area contributed by atoms with Gasteiger partial charge in [-0.3, -0.25) is 0 Å². The van der Waals surface area contributed by atoms with Gasteiger partial charge in [0, 0.05) is 54.7 Å². The average Bonchev–Trinajstić information content (AvgIpc) is 2.46. The van der Waals surface area contributed by atoms with Crippen molar-refractivity contribution in [3.8, 4) is 0 Å². The van der Waals surface area contributed by atoms with Crippen LogP contribution in [0.4, 0.5) is 0 Å². The van der Waals surface area contributed by atoms with Gasteiger partial charge in [0.05, 0.1) is 8.07 Å². The van der Waals surface area contributed by atoms with Crippen molar-refractivity contribution in [3.05, 3.63) is 12.7 Å². The summed E-state index contributed by atoms with van der Waals surface area (Å²) in [5.74, 6) is 0. The summed E-state index contributed by atoms with van der Waals surface area (Å²) < 4.78 is 0. The van der Waals surface area contributed by atoms with Crippen LogP contribution in [-0.2, 0) is 0 Å². The zero-order valence-electron chi connectivity index (χ0n) is 25.6. The van der Waals surface area contributed by atoms with Crippen LogP contribution in [0, 0.1) is 0 Å². The Hall–Kier alpha value is 1.22. The van der Waals surface area contributed by atoms with Crippen LogP contribution in [0.3, 0.4) is 0 Å². The lowest BCUT2D eigenvalue weighted by molar-refractivity contribution is 0.357. The average molecular weight is 577 g/mol. The molecule has 198 valence electrons. The zero-order valence-corrected chi connectivity index (χ0v) is 32.6. The molecule has 0 radical (unpaired) electrons. The molecule has 1 nitrogen and oxygen atoms in total. The number of aliphatic hydroxyl groups excluding tert-OH is 1. The summed E-state index contributed by atoms with van der Waals surface area (Å²) in [6, 6.07) is 2.60. The molecule has 0 aliphatic carbocycles. The molecule has 2 unspecified atom stereocenters. The van der Waals surface area contributed by atoms with Gasteiger partial charge in [-0.25, -0.2) is 0 Å². The van der Waals surface area contributed by atoms with E-state index in [1.807, 2.05) is 0 Å². The lowest BCUT2D eigenvalue weighted by Gasteiger charge is -2.49. The van der Waals surface area contributed by atoms with E-state index in [-0.39, 0.29) is 0 Å². The van der Waals surface area contributed by atoms with Crippen molar-refractivity contribution in [2.75, 3.05) is 6.23 Å². The molecular weight excluding hydrogens is 513 g/mol. The Bertz CT molecular complexity index is 588. The molecular formula is C25H64OSi7. The highest BCUT2D eigenvalue weighted by molar-refractivity contribution is 7.14. The molecule has 0 saturated carbocycles. The maximum atomic E-state index is 11.0. The number of aliphatic hydroxyl groups is 1. The van der Waals surface area contributed by atoms with Crippen LogP contribution in [0.25, 0.3) is 0 Å². The smallest absolute Gasteiger partial charge is 0.0779 e. The molecule has 0 aromatic rings. The predicted molar refractivity (Wildman–Crippen MR) is 178 cm³/mol. The molecule has 0 bridgehead atoms. The molecule has 8 heteroatoms. The van der Waals surface area contributed by atoms with Crippen molar-refractivity contribution >= 4 is 56.5 Å². The van der Waals surface area contributed by atoms with Gasteiger partial charge in [-0.15, -0.1) is 6.58 Å². The first-order valence-electron chi connectivity index (χ1n) is 13.6. The second kappa shape index (κ2) is 12.2. The van der Waals surface area contributed by atoms with Gasteiger partial charge in [0.2, 0.25) is 0 Å². The van der Waals surface area contributed by atoms with Crippen molar-refractivity contribution in [1.82, 2.24) is 0 Å². The third kappa shape index (κ3) is 14.5. The first-order chi connectivity index (χ1) is 14.4. The molecule has 0 saturated heterocycles. The van der Waals surface area contributed by atoms with Crippen molar-refractivity contribution in [1.29, 1.82) is 0 Å². The molecule has 0 heterocycles. The summed E-state index contributed by atoms with van der Waals surface area (Å²) in [6.45, 7) is 40.9. The molecule has 1 N–H and O–H groups in total. The van der Waals surface area contributed by atoms with Gasteiger partial charge in [0.25, 0.3) is 0 Å². The van der Waals surface area contributed by atoms with E-state index in [1.54, 1.807) is 22.7 Å². The third-order valence-corrected chi connectivity index (χ3v) is 52.5. The standard InChI is InChI=1S/C25H64OSi7/c1-16-18-33(23-30(12,13)14,25-32(17-2,19-26)22-29(9,10)11)24-31(15,20-27(3,4)5)21-28(6,7)8/h16,26H,1,17-25H2,2-15H3. The first-order valence-corrected chi connectivity index (χ1v) is 37.2. The van der Waals surface area contributed by atoms with Crippen LogP contribution in [-0.4, -0.2) is 67.9 Å². The van der Waals surface area contributed by atoms with Gasteiger partial charge in [-0.1, -0.05) is 138 Å². The van der Waals surface area contributed by atoms with E-state index in [2.05, 4.69) is 105 Å². The van der Waals surface area contributed by atoms with Gasteiger partial charge in [-0.05, 0) is 6.04 Å². The Labute approximate surface area is 217 Å². The Morgan fingerprint density at radius 2 is 0.909 bits per heavy atom. The predicted octanol–water partition coefficient (Wildman–Crippen LogP) is 9.29. The quantitative estimate of drug-likeness (QED) is 0.143. The first kappa shape index (κ1) is 34.2. The molecule has 0 aromatic heterocycles. The lowest BCUT2D eigenvalue weighted by atomic mass is 10.8. The molecule has 0 fully saturated rings. The molecule has 0 amide bonds. The highest BCUT2D eigenvalue weighted by Crippen LogP contribution is 2.44. The Morgan fingerprint density at radius 1 is 0.545 bits per heavy atom. The maximum absolute atomic E-state index is 11.0. The van der Waals surface area contributed by atoms with Crippen LogP contribution in [0.15, 0.2) is 12.7 Å². The summed E-state index contributed by atoms with van der Waals surface area (Å²) in [7, 11) is -9.29. The summed E-state index contributed by atoms with van der Waals surface area (Å²) >= 11 is 0. The molecule has 33 heavy (non-hydrogen) atoms. The lowest BCUT2D eigenvalue weighted by Crippen LogP contribution is -2.59. The van der Waals surface area contributed by atoms with Crippen molar-refractivity contribution in [2.24, 2.45) is 0 Å². The topological polar surface area (TPSA) is 20.2 Å². The summed E-state index contributed by atoms with van der Waals surface area (Å²) in [4.78, 5) is 0. The Morgan fingerprint density at radius 3 is 1.18 bits per heavy atom. The maximum Gasteiger partial charge on any atom is 0.0779 e. The summed E-state index contributed by atoms with van der Waals surface area (Å²) in [5, 5.41) is 11.0. The van der Waals surface area contributed by atoms with Crippen LogP contribution in [0.2, 0.25) is 131 Å². The summed E-state index contributed by atoms with van der Waals surface area (Å²) in [5.41, 5.74) is 9.32. The van der Waals surface area contributed by atoms with Crippen LogP contribution in [0.5, 0.6) is 0 Å². The van der Waals surface area contributed by atoms with Gasteiger partial charge >= 0.3 is 0 Å². The number of rotatable bonds is 16. The molecule has 2 atom stereocenters. The van der Waals surface area contributed by atoms with Crippen molar-refractivity contribution in [3.63, 3.8) is 0 Å². The van der Waals surface area contributed by atoms with Crippen LogP contribution < -0.4 is 0 Å². The van der Waals surface area contributed by atoms with Crippen LogP contribution in [0.1, 0.15) is 6.92 Å².